The minimum atomic E-state index is -3.06. The molecule has 0 saturated carbocycles. The summed E-state index contributed by atoms with van der Waals surface area (Å²) < 4.78 is 26.6. The van der Waals surface area contributed by atoms with E-state index in [-0.39, 0.29) is 6.04 Å². The van der Waals surface area contributed by atoms with Crippen molar-refractivity contribution < 1.29 is 8.42 Å². The van der Waals surface area contributed by atoms with Gasteiger partial charge in [0, 0.05) is 18.5 Å². The molecule has 0 atom stereocenters. The number of nitrogens with zero attached hydrogens (tertiary/aromatic N) is 3. The van der Waals surface area contributed by atoms with Gasteiger partial charge in [-0.3, -0.25) is 4.68 Å². The quantitative estimate of drug-likeness (QED) is 0.839. The van der Waals surface area contributed by atoms with Gasteiger partial charge in [-0.2, -0.15) is 5.10 Å². The Morgan fingerprint density at radius 1 is 1.21 bits per heavy atom. The number of hydrogen-bond donors (Lipinski definition) is 0. The van der Waals surface area contributed by atoms with Crippen LogP contribution >= 0.6 is 0 Å². The number of aromatic nitrogens is 2. The fraction of sp³-hybridized carbons (Fsp3) is 0.462. The Balaban J connectivity index is 1.82. The fourth-order valence-corrected chi connectivity index (χ4v) is 3.58. The van der Waals surface area contributed by atoms with Gasteiger partial charge >= 0.3 is 0 Å². The van der Waals surface area contributed by atoms with Gasteiger partial charge in [0.2, 0.25) is 10.0 Å². The fourth-order valence-electron chi connectivity index (χ4n) is 2.70. The van der Waals surface area contributed by atoms with Crippen molar-refractivity contribution in [3.8, 4) is 0 Å². The highest BCUT2D eigenvalue weighted by atomic mass is 32.2. The largest absolute Gasteiger partial charge is 0.262 e. The predicted octanol–water partition coefficient (Wildman–Crippen LogP) is 1.63. The maximum Gasteiger partial charge on any atom is 0.211 e. The third-order valence-corrected chi connectivity index (χ3v) is 5.05. The van der Waals surface area contributed by atoms with Crippen LogP contribution in [0, 0.1) is 0 Å². The predicted molar refractivity (Wildman–Crippen MR) is 74.4 cm³/mol. The van der Waals surface area contributed by atoms with Crippen molar-refractivity contribution >= 4 is 20.9 Å². The Morgan fingerprint density at radius 3 is 2.58 bits per heavy atom. The number of piperidine rings is 1. The minimum Gasteiger partial charge on any atom is -0.262 e. The first kappa shape index (κ1) is 12.6. The highest BCUT2D eigenvalue weighted by molar-refractivity contribution is 7.88. The number of para-hydroxylation sites is 1. The van der Waals surface area contributed by atoms with Crippen molar-refractivity contribution in [2.45, 2.75) is 18.9 Å². The maximum absolute atomic E-state index is 11.5. The molecule has 0 radical (unpaired) electrons. The van der Waals surface area contributed by atoms with Crippen LogP contribution in [-0.2, 0) is 10.0 Å². The van der Waals surface area contributed by atoms with Crippen LogP contribution in [0.3, 0.4) is 0 Å². The van der Waals surface area contributed by atoms with Gasteiger partial charge in [0.25, 0.3) is 0 Å². The number of hydrogen-bond acceptors (Lipinski definition) is 3. The van der Waals surface area contributed by atoms with E-state index in [1.165, 1.54) is 6.26 Å². The Kier molecular flexibility index (Phi) is 3.06. The highest BCUT2D eigenvalue weighted by Crippen LogP contribution is 2.26. The summed E-state index contributed by atoms with van der Waals surface area (Å²) in [5.41, 5.74) is 1.13. The van der Waals surface area contributed by atoms with Crippen molar-refractivity contribution in [2.75, 3.05) is 19.3 Å². The Hall–Kier alpha value is -1.40. The first-order valence-corrected chi connectivity index (χ1v) is 8.28. The number of benzene rings is 1. The van der Waals surface area contributed by atoms with Crippen LogP contribution in [0.2, 0.25) is 0 Å². The van der Waals surface area contributed by atoms with Crippen LogP contribution in [0.15, 0.2) is 30.5 Å². The van der Waals surface area contributed by atoms with Gasteiger partial charge in [-0.05, 0) is 18.9 Å². The molecule has 2 aromatic rings. The molecule has 3 rings (SSSR count). The van der Waals surface area contributed by atoms with E-state index in [0.717, 1.165) is 23.7 Å². The van der Waals surface area contributed by atoms with Gasteiger partial charge < -0.3 is 0 Å². The summed E-state index contributed by atoms with van der Waals surface area (Å²) in [7, 11) is -3.06. The molecular formula is C13H17N3O2S. The van der Waals surface area contributed by atoms with E-state index in [0.29, 0.717) is 13.1 Å². The summed E-state index contributed by atoms with van der Waals surface area (Å²) in [6.07, 6.45) is 4.78. The lowest BCUT2D eigenvalue weighted by molar-refractivity contribution is 0.266. The van der Waals surface area contributed by atoms with Crippen molar-refractivity contribution in [3.05, 3.63) is 30.5 Å². The van der Waals surface area contributed by atoms with Crippen LogP contribution < -0.4 is 0 Å². The number of sulfonamides is 1. The van der Waals surface area contributed by atoms with E-state index in [1.54, 1.807) is 4.31 Å². The Bertz CT molecular complexity index is 685. The molecule has 1 aliphatic rings. The average Bonchev–Trinajstić information content (AvgIpc) is 2.82. The third-order valence-electron chi connectivity index (χ3n) is 3.74. The summed E-state index contributed by atoms with van der Waals surface area (Å²) in [6, 6.07) is 8.40. The van der Waals surface area contributed by atoms with Crippen molar-refractivity contribution in [2.24, 2.45) is 0 Å². The van der Waals surface area contributed by atoms with E-state index in [4.69, 9.17) is 0 Å². The molecule has 0 amide bonds. The van der Waals surface area contributed by atoms with Gasteiger partial charge in [0.1, 0.15) is 0 Å². The first-order chi connectivity index (χ1) is 9.05. The Labute approximate surface area is 112 Å². The molecule has 1 aromatic heterocycles. The van der Waals surface area contributed by atoms with Crippen LogP contribution in [0.5, 0.6) is 0 Å². The lowest BCUT2D eigenvalue weighted by atomic mass is 10.1. The molecule has 6 heteroatoms. The Morgan fingerprint density at radius 2 is 1.89 bits per heavy atom. The van der Waals surface area contributed by atoms with Crippen LogP contribution in [0.25, 0.3) is 10.9 Å². The van der Waals surface area contributed by atoms with E-state index in [2.05, 4.69) is 11.2 Å². The average molecular weight is 279 g/mol. The molecule has 2 heterocycles. The molecular weight excluding hydrogens is 262 g/mol. The smallest absolute Gasteiger partial charge is 0.211 e. The molecule has 0 unspecified atom stereocenters. The zero-order valence-electron chi connectivity index (χ0n) is 10.9. The summed E-state index contributed by atoms with van der Waals surface area (Å²) in [6.45, 7) is 1.16. The summed E-state index contributed by atoms with van der Waals surface area (Å²) >= 11 is 0. The summed E-state index contributed by atoms with van der Waals surface area (Å²) in [4.78, 5) is 0. The van der Waals surface area contributed by atoms with Crippen LogP contribution in [-0.4, -0.2) is 41.8 Å². The molecule has 19 heavy (non-hydrogen) atoms. The molecule has 1 aromatic carbocycles. The second-order valence-electron chi connectivity index (χ2n) is 5.04. The minimum absolute atomic E-state index is 0.290. The third kappa shape index (κ3) is 2.37. The van der Waals surface area contributed by atoms with Crippen molar-refractivity contribution in [1.29, 1.82) is 0 Å². The van der Waals surface area contributed by atoms with Gasteiger partial charge in [-0.15, -0.1) is 0 Å². The first-order valence-electron chi connectivity index (χ1n) is 6.43. The zero-order valence-corrected chi connectivity index (χ0v) is 11.7. The molecule has 0 spiro atoms. The zero-order chi connectivity index (χ0) is 13.5. The second kappa shape index (κ2) is 4.61. The second-order valence-corrected chi connectivity index (χ2v) is 7.02. The lowest BCUT2D eigenvalue weighted by Gasteiger charge is -2.30. The van der Waals surface area contributed by atoms with Crippen molar-refractivity contribution in [3.63, 3.8) is 0 Å². The van der Waals surface area contributed by atoms with Gasteiger partial charge in [0.15, 0.2) is 0 Å². The van der Waals surface area contributed by atoms with Gasteiger partial charge in [-0.1, -0.05) is 18.2 Å². The molecule has 0 N–H and O–H groups in total. The van der Waals surface area contributed by atoms with Gasteiger partial charge in [0.05, 0.1) is 24.0 Å². The van der Waals surface area contributed by atoms with Crippen molar-refractivity contribution in [1.82, 2.24) is 14.1 Å². The SMILES string of the molecule is CS(=O)(=O)N1CCC(n2ncc3ccccc32)CC1. The molecule has 5 nitrogen and oxygen atoms in total. The van der Waals surface area contributed by atoms with Crippen LogP contribution in [0.4, 0.5) is 0 Å². The molecule has 1 aliphatic heterocycles. The van der Waals surface area contributed by atoms with E-state index >= 15 is 0 Å². The molecule has 0 bridgehead atoms. The monoisotopic (exact) mass is 279 g/mol. The molecule has 1 saturated heterocycles. The number of rotatable bonds is 2. The highest BCUT2D eigenvalue weighted by Gasteiger charge is 2.26. The van der Waals surface area contributed by atoms with E-state index in [9.17, 15) is 8.42 Å². The topological polar surface area (TPSA) is 55.2 Å². The molecule has 0 aliphatic carbocycles. The lowest BCUT2D eigenvalue weighted by Crippen LogP contribution is -2.38. The molecule has 102 valence electrons. The normalized spacial score (nSPS) is 19.0. The summed E-state index contributed by atoms with van der Waals surface area (Å²) in [5.74, 6) is 0. The standard InChI is InChI=1S/C13H17N3O2S/c1-19(17,18)15-8-6-12(7-9-15)16-13-5-3-2-4-11(13)10-14-16/h2-5,10,12H,6-9H2,1H3. The summed E-state index contributed by atoms with van der Waals surface area (Å²) in [5, 5.41) is 5.59. The van der Waals surface area contributed by atoms with Crippen LogP contribution in [0.1, 0.15) is 18.9 Å². The maximum atomic E-state index is 11.5. The van der Waals surface area contributed by atoms with E-state index < -0.39 is 10.0 Å². The number of fused-ring (bicyclic) bond motifs is 1. The van der Waals surface area contributed by atoms with Gasteiger partial charge in [-0.25, -0.2) is 12.7 Å². The molecule has 1 fully saturated rings. The van der Waals surface area contributed by atoms with E-state index in [1.807, 2.05) is 29.1 Å².